The molecule has 0 aromatic carbocycles. The fraction of sp³-hybridized carbons (Fsp3) is 0.429. The molecule has 0 aliphatic rings. The molecule has 0 unspecified atom stereocenters. The number of aryl methyl sites for hydroxylation is 2. The minimum absolute atomic E-state index is 0.575. The summed E-state index contributed by atoms with van der Waals surface area (Å²) in [5.41, 5.74) is 0. The van der Waals surface area contributed by atoms with Crippen LogP contribution in [0.4, 0.5) is 0 Å². The molecule has 2 heteroatoms. The summed E-state index contributed by atoms with van der Waals surface area (Å²) in [6, 6.07) is 2.12. The van der Waals surface area contributed by atoms with Gasteiger partial charge in [0.15, 0.2) is 0 Å². The van der Waals surface area contributed by atoms with Gasteiger partial charge in [-0.05, 0) is 0 Å². The third kappa shape index (κ3) is 1.38. The van der Waals surface area contributed by atoms with E-state index in [0.29, 0.717) is 14.5 Å². The first-order valence-corrected chi connectivity index (χ1v) is 4.56. The molecule has 50 valence electrons. The van der Waals surface area contributed by atoms with Gasteiger partial charge in [-0.1, -0.05) is 0 Å². The Morgan fingerprint density at radius 3 is 2.33 bits per heavy atom. The monoisotopic (exact) mass is 190 g/mol. The first-order chi connectivity index (χ1) is 4.24. The van der Waals surface area contributed by atoms with Crippen LogP contribution in [0.25, 0.3) is 0 Å². The second-order valence-corrected chi connectivity index (χ2v) is 5.05. The first kappa shape index (κ1) is 6.91. The molecule has 0 N–H and O–H groups in total. The Morgan fingerprint density at radius 2 is 2.11 bits per heavy atom. The van der Waals surface area contributed by atoms with Crippen molar-refractivity contribution in [2.24, 2.45) is 0 Å². The third-order valence-electron chi connectivity index (χ3n) is 1.22. The van der Waals surface area contributed by atoms with Gasteiger partial charge in [0.1, 0.15) is 0 Å². The Bertz CT molecular complexity index is 203. The summed E-state index contributed by atoms with van der Waals surface area (Å²) in [6.07, 6.45) is 0. The van der Waals surface area contributed by atoms with E-state index in [1.165, 1.54) is 8.87 Å². The Labute approximate surface area is 61.4 Å². The van der Waals surface area contributed by atoms with Crippen LogP contribution in [0.3, 0.4) is 0 Å². The van der Waals surface area contributed by atoms with Gasteiger partial charge in [0.2, 0.25) is 0 Å². The van der Waals surface area contributed by atoms with E-state index in [2.05, 4.69) is 19.9 Å². The van der Waals surface area contributed by atoms with E-state index >= 15 is 0 Å². The van der Waals surface area contributed by atoms with Crippen LogP contribution >= 0.6 is 0 Å². The SMILES string of the molecule is COc1cc(C)[se]c1C. The summed E-state index contributed by atoms with van der Waals surface area (Å²) >= 11 is 0.575. The molecule has 0 saturated heterocycles. The molecular weight excluding hydrogens is 179 g/mol. The average Bonchev–Trinajstić information content (AvgIpc) is 2.10. The van der Waals surface area contributed by atoms with E-state index in [0.717, 1.165) is 5.75 Å². The van der Waals surface area contributed by atoms with Crippen LogP contribution in [0.1, 0.15) is 8.87 Å². The van der Waals surface area contributed by atoms with Gasteiger partial charge in [-0.25, -0.2) is 0 Å². The number of methoxy groups -OCH3 is 1. The predicted octanol–water partition coefficient (Wildman–Crippen LogP) is 1.37. The van der Waals surface area contributed by atoms with Gasteiger partial charge in [-0.2, -0.15) is 0 Å². The summed E-state index contributed by atoms with van der Waals surface area (Å²) in [7, 11) is 1.73. The quantitative estimate of drug-likeness (QED) is 0.606. The summed E-state index contributed by atoms with van der Waals surface area (Å²) < 4.78 is 7.97. The summed E-state index contributed by atoms with van der Waals surface area (Å²) in [5, 5.41) is 0. The van der Waals surface area contributed by atoms with Crippen LogP contribution < -0.4 is 4.74 Å². The van der Waals surface area contributed by atoms with Crippen molar-refractivity contribution in [1.82, 2.24) is 0 Å². The second kappa shape index (κ2) is 2.59. The third-order valence-corrected chi connectivity index (χ3v) is 3.20. The number of hydrogen-bond donors (Lipinski definition) is 0. The molecule has 9 heavy (non-hydrogen) atoms. The van der Waals surface area contributed by atoms with Crippen molar-refractivity contribution in [3.63, 3.8) is 0 Å². The van der Waals surface area contributed by atoms with Gasteiger partial charge in [0.25, 0.3) is 0 Å². The Balaban J connectivity index is 3.01. The molecule has 0 amide bonds. The molecule has 1 rings (SSSR count). The van der Waals surface area contributed by atoms with Gasteiger partial charge in [-0.3, -0.25) is 0 Å². The van der Waals surface area contributed by atoms with Crippen LogP contribution in [0.2, 0.25) is 0 Å². The van der Waals surface area contributed by atoms with E-state index in [4.69, 9.17) is 4.74 Å². The van der Waals surface area contributed by atoms with Crippen LogP contribution in [0, 0.1) is 13.8 Å². The Kier molecular flexibility index (Phi) is 1.99. The first-order valence-electron chi connectivity index (χ1n) is 2.85. The molecule has 0 bridgehead atoms. The van der Waals surface area contributed by atoms with Gasteiger partial charge < -0.3 is 0 Å². The molecule has 1 aromatic heterocycles. The van der Waals surface area contributed by atoms with E-state index in [9.17, 15) is 0 Å². The zero-order valence-electron chi connectivity index (χ0n) is 5.89. The van der Waals surface area contributed by atoms with Crippen molar-refractivity contribution in [2.45, 2.75) is 13.8 Å². The molecule has 1 aromatic rings. The van der Waals surface area contributed by atoms with Crippen molar-refractivity contribution in [3.05, 3.63) is 14.9 Å². The molecule has 1 heterocycles. The van der Waals surface area contributed by atoms with Gasteiger partial charge in [-0.15, -0.1) is 0 Å². The van der Waals surface area contributed by atoms with E-state index in [1.807, 2.05) is 0 Å². The van der Waals surface area contributed by atoms with Crippen molar-refractivity contribution in [2.75, 3.05) is 7.11 Å². The summed E-state index contributed by atoms with van der Waals surface area (Å²) in [5.74, 6) is 1.08. The summed E-state index contributed by atoms with van der Waals surface area (Å²) in [4.78, 5) is 0. The molecule has 1 nitrogen and oxygen atoms in total. The van der Waals surface area contributed by atoms with E-state index in [-0.39, 0.29) is 0 Å². The van der Waals surface area contributed by atoms with E-state index in [1.54, 1.807) is 7.11 Å². The van der Waals surface area contributed by atoms with Crippen LogP contribution in [-0.4, -0.2) is 21.6 Å². The van der Waals surface area contributed by atoms with E-state index < -0.39 is 0 Å². The second-order valence-electron chi connectivity index (χ2n) is 1.98. The van der Waals surface area contributed by atoms with Crippen LogP contribution in [0.15, 0.2) is 6.07 Å². The number of rotatable bonds is 1. The zero-order chi connectivity index (χ0) is 6.85. The topological polar surface area (TPSA) is 9.23 Å². The van der Waals surface area contributed by atoms with Crippen molar-refractivity contribution in [1.29, 1.82) is 0 Å². The van der Waals surface area contributed by atoms with Gasteiger partial charge in [0.05, 0.1) is 0 Å². The molecule has 0 saturated carbocycles. The molecule has 0 aliphatic carbocycles. The van der Waals surface area contributed by atoms with Crippen LogP contribution in [-0.2, 0) is 0 Å². The molecule has 0 aliphatic heterocycles. The minimum atomic E-state index is 0.575. The van der Waals surface area contributed by atoms with Gasteiger partial charge >= 0.3 is 60.9 Å². The number of hydrogen-bond acceptors (Lipinski definition) is 1. The molecule has 0 radical (unpaired) electrons. The normalized spacial score (nSPS) is 9.67. The molecule has 0 spiro atoms. The van der Waals surface area contributed by atoms with Crippen molar-refractivity contribution >= 4 is 14.5 Å². The maximum atomic E-state index is 5.11. The Hall–Kier alpha value is -0.201. The molecule has 0 fully saturated rings. The Morgan fingerprint density at radius 1 is 1.44 bits per heavy atom. The molecular formula is C7H10OSe. The molecule has 0 atom stereocenters. The zero-order valence-corrected chi connectivity index (χ0v) is 7.61. The summed E-state index contributed by atoms with van der Waals surface area (Å²) in [6.45, 7) is 4.28. The van der Waals surface area contributed by atoms with Gasteiger partial charge in [0, 0.05) is 0 Å². The standard InChI is InChI=1S/C7H10OSe/c1-5-4-7(8-3)6(2)9-5/h4H,1-3H3. The van der Waals surface area contributed by atoms with Crippen molar-refractivity contribution in [3.8, 4) is 5.75 Å². The van der Waals surface area contributed by atoms with Crippen LogP contribution in [0.5, 0.6) is 5.75 Å². The average molecular weight is 189 g/mol. The van der Waals surface area contributed by atoms with Crippen molar-refractivity contribution < 1.29 is 4.74 Å². The maximum absolute atomic E-state index is 5.11. The fourth-order valence-electron chi connectivity index (χ4n) is 0.810. The predicted molar refractivity (Wildman–Crippen MR) is 39.4 cm³/mol. The number of ether oxygens (including phenoxy) is 1. The fourth-order valence-corrected chi connectivity index (χ4v) is 2.68.